The molecule has 0 spiro atoms. The van der Waals surface area contributed by atoms with Gasteiger partial charge in [-0.1, -0.05) is 82.5 Å². The Kier molecular flexibility index (Phi) is 6.95. The molecule has 0 amide bonds. The quantitative estimate of drug-likeness (QED) is 0.305. The van der Waals surface area contributed by atoms with Gasteiger partial charge in [-0.2, -0.15) is 0 Å². The zero-order chi connectivity index (χ0) is 32.7. The molecule has 2 N–H and O–H groups in total. The molecule has 4 nitrogen and oxygen atoms in total. The predicted octanol–water partition coefficient (Wildman–Crippen LogP) is 1.01. The van der Waals surface area contributed by atoms with Crippen molar-refractivity contribution in [1.82, 2.24) is 9.97 Å². The van der Waals surface area contributed by atoms with Crippen LogP contribution in [0.25, 0.3) is 43.4 Å². The third-order valence-corrected chi connectivity index (χ3v) is 9.47. The Hall–Kier alpha value is -4.64. The molecular weight excluding hydrogens is 564 g/mol. The molecule has 0 fully saturated rings. The average molecular weight is 585 g/mol. The molecule has 14 radical (unpaired) electrons. The molecule has 8 rings (SSSR count). The van der Waals surface area contributed by atoms with Gasteiger partial charge < -0.3 is 10.3 Å². The van der Waals surface area contributed by atoms with Gasteiger partial charge in [-0.25, -0.2) is 4.98 Å². The van der Waals surface area contributed by atoms with Crippen LogP contribution >= 0.6 is 0 Å². The lowest BCUT2D eigenvalue weighted by atomic mass is 9.60. The van der Waals surface area contributed by atoms with Crippen LogP contribution in [-0.4, -0.2) is 64.9 Å². The van der Waals surface area contributed by atoms with E-state index in [9.17, 15) is 0 Å². The minimum atomic E-state index is 0.127. The minimum absolute atomic E-state index is 0.127. The average Bonchev–Trinajstić information content (AvgIpc) is 3.45. The van der Waals surface area contributed by atoms with Crippen molar-refractivity contribution < 1.29 is 0 Å². The van der Waals surface area contributed by atoms with Gasteiger partial charge in [0.15, 0.2) is 0 Å². The molecule has 7 aromatic rings. The van der Waals surface area contributed by atoms with E-state index in [2.05, 4.69) is 71.8 Å². The highest BCUT2D eigenvalue weighted by molar-refractivity contribution is 6.72. The largest absolute Gasteiger partial charge is 0.341 e. The monoisotopic (exact) mass is 586 g/mol. The Morgan fingerprint density at radius 2 is 1.21 bits per heavy atom. The van der Waals surface area contributed by atoms with Crippen LogP contribution < -0.4 is 48.5 Å². The third kappa shape index (κ3) is 4.42. The summed E-state index contributed by atoms with van der Waals surface area (Å²) in [5, 5.41) is 8.99. The molecule has 0 aliphatic carbocycles. The molecule has 0 atom stereocenters. The molecule has 6 aromatic carbocycles. The number of rotatable bonds is 3. The third-order valence-electron chi connectivity index (χ3n) is 9.47. The number of imidazole rings is 1. The van der Waals surface area contributed by atoms with Crippen LogP contribution in [-0.2, 0) is 6.42 Å². The molecule has 1 aliphatic rings. The zero-order valence-corrected chi connectivity index (χ0v) is 25.8. The van der Waals surface area contributed by atoms with Gasteiger partial charge >= 0.3 is 0 Å². The second-order valence-electron chi connectivity index (χ2n) is 12.1. The summed E-state index contributed by atoms with van der Waals surface area (Å²) in [4.78, 5) is 10.7. The summed E-state index contributed by atoms with van der Waals surface area (Å²) < 4.78 is 0. The molecule has 206 valence electrons. The van der Waals surface area contributed by atoms with Crippen molar-refractivity contribution in [2.45, 2.75) is 19.8 Å². The van der Waals surface area contributed by atoms with Crippen molar-refractivity contribution in [3.8, 4) is 0 Å². The van der Waals surface area contributed by atoms with Crippen LogP contribution in [0.5, 0.6) is 0 Å². The summed E-state index contributed by atoms with van der Waals surface area (Å²) in [6.45, 7) is 2.09. The second-order valence-corrected chi connectivity index (χ2v) is 12.1. The fourth-order valence-electron chi connectivity index (χ4n) is 6.92. The highest BCUT2D eigenvalue weighted by atomic mass is 15.3. The van der Waals surface area contributed by atoms with E-state index in [4.69, 9.17) is 59.9 Å². The predicted molar refractivity (Wildman–Crippen MR) is 206 cm³/mol. The number of nitrogens with one attached hydrogen (secondary N) is 2. The first-order valence-electron chi connectivity index (χ1n) is 15.3. The molecular formula is C36H21B7N4. The molecule has 2 heterocycles. The first-order valence-corrected chi connectivity index (χ1v) is 15.3. The van der Waals surface area contributed by atoms with Crippen LogP contribution in [0, 0.1) is 0 Å². The Labute approximate surface area is 282 Å². The molecule has 11 heteroatoms. The van der Waals surface area contributed by atoms with E-state index in [0.717, 1.165) is 51.7 Å². The smallest absolute Gasteiger partial charge is 0.214 e. The van der Waals surface area contributed by atoms with E-state index in [1.54, 1.807) is 0 Å². The van der Waals surface area contributed by atoms with Crippen LogP contribution in [0.15, 0.2) is 84.2 Å². The van der Waals surface area contributed by atoms with Crippen LogP contribution in [0.1, 0.15) is 18.9 Å². The number of fused-ring (bicyclic) bond motifs is 7. The number of benzene rings is 6. The van der Waals surface area contributed by atoms with Gasteiger partial charge in [0, 0.05) is 11.1 Å². The fourth-order valence-corrected chi connectivity index (χ4v) is 6.92. The standard InChI is InChI=1S/C36H21B7N4/c1-16-10-13-21-19-8-4-2-6-17(19)11-14-22(21)44-35(16)47(36-45-23-15-12-18-7-3-5-9-20(18)33(23)46-36)34-25-24(27(38)31(42)32(34)43)26(37)29(40)30(41)28(25)39/h2-9,11-12,14-15,44H,10,13H2,1H3,(H,45,46). The van der Waals surface area contributed by atoms with E-state index in [1.165, 1.54) is 16.3 Å². The molecule has 0 unspecified atom stereocenters. The molecule has 1 aromatic heterocycles. The van der Waals surface area contributed by atoms with Crippen molar-refractivity contribution in [2.75, 3.05) is 10.2 Å². The Morgan fingerprint density at radius 3 is 1.94 bits per heavy atom. The molecule has 0 saturated heterocycles. The van der Waals surface area contributed by atoms with Crippen LogP contribution in [0.3, 0.4) is 0 Å². The number of anilines is 3. The lowest BCUT2D eigenvalue weighted by Gasteiger charge is -2.34. The van der Waals surface area contributed by atoms with Crippen molar-refractivity contribution in [1.29, 1.82) is 0 Å². The van der Waals surface area contributed by atoms with E-state index in [0.29, 0.717) is 22.4 Å². The van der Waals surface area contributed by atoms with Gasteiger partial charge in [0.1, 0.15) is 60.7 Å². The summed E-state index contributed by atoms with van der Waals surface area (Å²) >= 11 is 0. The molecule has 47 heavy (non-hydrogen) atoms. The normalized spacial score (nSPS) is 13.3. The Balaban J connectivity index is 1.48. The van der Waals surface area contributed by atoms with E-state index < -0.39 is 0 Å². The highest BCUT2D eigenvalue weighted by Gasteiger charge is 2.29. The number of H-pyrrole nitrogens is 1. The Bertz CT molecular complexity index is 2490. The topological polar surface area (TPSA) is 44.0 Å². The van der Waals surface area contributed by atoms with E-state index in [1.807, 2.05) is 23.1 Å². The molecule has 1 aliphatic heterocycles. The van der Waals surface area contributed by atoms with Crippen LogP contribution in [0.2, 0.25) is 0 Å². The first-order chi connectivity index (χ1) is 22.7. The first kappa shape index (κ1) is 29.7. The highest BCUT2D eigenvalue weighted by Crippen LogP contribution is 2.39. The lowest BCUT2D eigenvalue weighted by Crippen LogP contribution is -2.53. The number of hydrogen-bond donors (Lipinski definition) is 2. The number of allylic oxidation sites excluding steroid dienone is 1. The number of nitrogens with zero attached hydrogens (tertiary/aromatic N) is 2. The summed E-state index contributed by atoms with van der Waals surface area (Å²) in [5.41, 5.74) is 6.41. The maximum absolute atomic E-state index is 6.93. The van der Waals surface area contributed by atoms with E-state index >= 15 is 0 Å². The van der Waals surface area contributed by atoms with Gasteiger partial charge in [0.2, 0.25) is 5.95 Å². The van der Waals surface area contributed by atoms with Crippen molar-refractivity contribution in [2.24, 2.45) is 0 Å². The summed E-state index contributed by atoms with van der Waals surface area (Å²) in [6.07, 6.45) is 1.56. The minimum Gasteiger partial charge on any atom is -0.341 e. The maximum atomic E-state index is 6.93. The van der Waals surface area contributed by atoms with Gasteiger partial charge in [0.25, 0.3) is 0 Å². The zero-order valence-electron chi connectivity index (χ0n) is 25.8. The second kappa shape index (κ2) is 11.0. The van der Waals surface area contributed by atoms with Crippen molar-refractivity contribution in [3.05, 3.63) is 89.8 Å². The number of aryl methyl sites for hydroxylation is 1. The number of hydrogen-bond acceptors (Lipinski definition) is 3. The maximum Gasteiger partial charge on any atom is 0.214 e. The number of aromatic amines is 1. The molecule has 0 bridgehead atoms. The van der Waals surface area contributed by atoms with E-state index in [-0.39, 0.29) is 38.2 Å². The fraction of sp³-hybridized carbons (Fsp3) is 0.0833. The van der Waals surface area contributed by atoms with Gasteiger partial charge in [-0.3, -0.25) is 4.90 Å². The Morgan fingerprint density at radius 1 is 0.617 bits per heavy atom. The lowest BCUT2D eigenvalue weighted by molar-refractivity contribution is 0.935. The van der Waals surface area contributed by atoms with Gasteiger partial charge in [-0.15, -0.1) is 16.4 Å². The summed E-state index contributed by atoms with van der Waals surface area (Å²) in [7, 11) is 46.3. The number of aromatic nitrogens is 2. The summed E-state index contributed by atoms with van der Waals surface area (Å²) in [6, 6.07) is 24.8. The van der Waals surface area contributed by atoms with Gasteiger partial charge in [0.05, 0.1) is 16.7 Å². The van der Waals surface area contributed by atoms with Gasteiger partial charge in [-0.05, 0) is 70.0 Å². The summed E-state index contributed by atoms with van der Waals surface area (Å²) in [5.74, 6) is 1.21. The SMILES string of the molecule is [B]c1c([B])c([B])c2c(N(C3=C(C)CCc4c(ccc5ccccc45)N3)c3nc4c(ccc5ccccc54)[nH]3)c([B])c([B])c([B])c2c1[B]. The molecule has 0 saturated carbocycles. The van der Waals surface area contributed by atoms with Crippen molar-refractivity contribution >= 4 is 154 Å². The van der Waals surface area contributed by atoms with Crippen LogP contribution in [0.4, 0.5) is 17.3 Å². The van der Waals surface area contributed by atoms with Crippen molar-refractivity contribution in [3.63, 3.8) is 0 Å².